The van der Waals surface area contributed by atoms with Crippen molar-refractivity contribution in [3.8, 4) is 0 Å². The summed E-state index contributed by atoms with van der Waals surface area (Å²) < 4.78 is 32.9. The maximum absolute atomic E-state index is 12.6. The Kier molecular flexibility index (Phi) is 6.35. The number of rotatable bonds is 8. The molecule has 1 aromatic rings. The lowest BCUT2D eigenvalue weighted by Crippen LogP contribution is -2.37. The Morgan fingerprint density at radius 3 is 2.52 bits per heavy atom. The maximum atomic E-state index is 12.6. The van der Waals surface area contributed by atoms with Crippen molar-refractivity contribution in [1.82, 2.24) is 13.9 Å². The number of imidazole rings is 1. The summed E-state index contributed by atoms with van der Waals surface area (Å²) in [5, 5.41) is -0.0281. The number of nitrogens with zero attached hydrogens (tertiary/aromatic N) is 3. The first-order valence-corrected chi connectivity index (χ1v) is 8.50. The van der Waals surface area contributed by atoms with Crippen molar-refractivity contribution in [1.29, 1.82) is 0 Å². The average Bonchev–Trinajstić information content (AvgIpc) is 2.80. The molecule has 0 fully saturated rings. The van der Waals surface area contributed by atoms with Gasteiger partial charge < -0.3 is 9.30 Å². The normalized spacial score (nSPS) is 11.9. The molecule has 0 spiro atoms. The van der Waals surface area contributed by atoms with Crippen molar-refractivity contribution in [3.63, 3.8) is 0 Å². The number of carbonyl (C=O) groups excluding carboxylic acids is 1. The summed E-state index contributed by atoms with van der Waals surface area (Å²) in [6.07, 6.45) is 2.10. The average molecular weight is 317 g/mol. The molecule has 0 aliphatic carbocycles. The number of esters is 1. The van der Waals surface area contributed by atoms with Crippen LogP contribution in [0.1, 0.15) is 33.0 Å². The standard InChI is InChI=1S/C13H23N3O4S/c1-5-8-16(10-13(17)20-7-3)21(18,19)12-9-15(6-2)11(4)14-12/h9H,5-8,10H2,1-4H3. The summed E-state index contributed by atoms with van der Waals surface area (Å²) in [5.74, 6) is 0.0739. The minimum absolute atomic E-state index is 0.0281. The van der Waals surface area contributed by atoms with Crippen molar-refractivity contribution < 1.29 is 17.9 Å². The molecule has 1 aromatic heterocycles. The Balaban J connectivity index is 3.05. The molecule has 8 heteroatoms. The lowest BCUT2D eigenvalue weighted by Gasteiger charge is -2.19. The highest BCUT2D eigenvalue weighted by molar-refractivity contribution is 7.89. The van der Waals surface area contributed by atoms with E-state index in [-0.39, 0.29) is 24.7 Å². The zero-order valence-corrected chi connectivity index (χ0v) is 13.8. The summed E-state index contributed by atoms with van der Waals surface area (Å²) in [6.45, 7) is 8.02. The summed E-state index contributed by atoms with van der Waals surface area (Å²) in [7, 11) is -3.79. The second kappa shape index (κ2) is 7.56. The number of sulfonamides is 1. The third-order valence-corrected chi connectivity index (χ3v) is 4.70. The molecule has 0 saturated carbocycles. The van der Waals surface area contributed by atoms with Crippen molar-refractivity contribution in [2.75, 3.05) is 19.7 Å². The van der Waals surface area contributed by atoms with Gasteiger partial charge in [-0.1, -0.05) is 6.92 Å². The van der Waals surface area contributed by atoms with Crippen molar-refractivity contribution in [3.05, 3.63) is 12.0 Å². The molecule has 0 atom stereocenters. The largest absolute Gasteiger partial charge is 0.465 e. The Labute approximate surface area is 126 Å². The Morgan fingerprint density at radius 1 is 1.38 bits per heavy atom. The fourth-order valence-corrected chi connectivity index (χ4v) is 3.41. The van der Waals surface area contributed by atoms with E-state index >= 15 is 0 Å². The molecule has 0 amide bonds. The van der Waals surface area contributed by atoms with Crippen LogP contribution in [0.4, 0.5) is 0 Å². The van der Waals surface area contributed by atoms with Gasteiger partial charge in [-0.3, -0.25) is 4.79 Å². The zero-order chi connectivity index (χ0) is 16.0. The summed E-state index contributed by atoms with van der Waals surface area (Å²) in [4.78, 5) is 15.7. The quantitative estimate of drug-likeness (QED) is 0.672. The molecule has 0 aliphatic rings. The van der Waals surface area contributed by atoms with Crippen LogP contribution in [-0.2, 0) is 26.1 Å². The zero-order valence-electron chi connectivity index (χ0n) is 13.0. The van der Waals surface area contributed by atoms with Gasteiger partial charge in [-0.15, -0.1) is 0 Å². The Bertz CT molecular complexity index is 580. The van der Waals surface area contributed by atoms with Gasteiger partial charge >= 0.3 is 5.97 Å². The monoisotopic (exact) mass is 317 g/mol. The predicted molar refractivity (Wildman–Crippen MR) is 78.3 cm³/mol. The molecular formula is C13H23N3O4S. The van der Waals surface area contributed by atoms with Crippen LogP contribution in [0.2, 0.25) is 0 Å². The number of carbonyl (C=O) groups is 1. The van der Waals surface area contributed by atoms with E-state index in [0.29, 0.717) is 18.8 Å². The molecule has 0 N–H and O–H groups in total. The van der Waals surface area contributed by atoms with Gasteiger partial charge in [0.25, 0.3) is 10.0 Å². The van der Waals surface area contributed by atoms with Gasteiger partial charge in [0.1, 0.15) is 12.4 Å². The molecule has 21 heavy (non-hydrogen) atoms. The van der Waals surface area contributed by atoms with Crippen molar-refractivity contribution in [2.45, 2.75) is 45.7 Å². The van der Waals surface area contributed by atoms with E-state index in [0.717, 1.165) is 4.31 Å². The van der Waals surface area contributed by atoms with Gasteiger partial charge in [-0.05, 0) is 27.2 Å². The second-order valence-electron chi connectivity index (χ2n) is 4.56. The molecule has 0 aliphatic heterocycles. The summed E-state index contributed by atoms with van der Waals surface area (Å²) in [5.41, 5.74) is 0. The highest BCUT2D eigenvalue weighted by atomic mass is 32.2. The molecular weight excluding hydrogens is 294 g/mol. The van der Waals surface area contributed by atoms with Crippen LogP contribution in [0.15, 0.2) is 11.2 Å². The van der Waals surface area contributed by atoms with E-state index in [4.69, 9.17) is 4.74 Å². The molecule has 0 radical (unpaired) electrons. The van der Waals surface area contributed by atoms with E-state index in [9.17, 15) is 13.2 Å². The van der Waals surface area contributed by atoms with Crippen LogP contribution < -0.4 is 0 Å². The molecule has 1 heterocycles. The van der Waals surface area contributed by atoms with Crippen LogP contribution in [0.5, 0.6) is 0 Å². The number of ether oxygens (including phenoxy) is 1. The molecule has 0 unspecified atom stereocenters. The molecule has 7 nitrogen and oxygen atoms in total. The first-order chi connectivity index (χ1) is 9.86. The van der Waals surface area contributed by atoms with Gasteiger partial charge in [0.05, 0.1) is 6.61 Å². The van der Waals surface area contributed by atoms with Gasteiger partial charge in [-0.2, -0.15) is 4.31 Å². The van der Waals surface area contributed by atoms with E-state index in [1.54, 1.807) is 18.4 Å². The van der Waals surface area contributed by atoms with Gasteiger partial charge in [-0.25, -0.2) is 13.4 Å². The highest BCUT2D eigenvalue weighted by Crippen LogP contribution is 2.16. The fraction of sp³-hybridized carbons (Fsp3) is 0.692. The SMILES string of the molecule is CCCN(CC(=O)OCC)S(=O)(=O)c1cn(CC)c(C)n1. The number of aryl methyl sites for hydroxylation is 2. The molecule has 0 bridgehead atoms. The van der Waals surface area contributed by atoms with Crippen LogP contribution in [0.25, 0.3) is 0 Å². The van der Waals surface area contributed by atoms with Gasteiger partial charge in [0, 0.05) is 19.3 Å². The summed E-state index contributed by atoms with van der Waals surface area (Å²) >= 11 is 0. The third-order valence-electron chi connectivity index (χ3n) is 2.98. The fourth-order valence-electron chi connectivity index (χ4n) is 1.94. The van der Waals surface area contributed by atoms with E-state index in [2.05, 4.69) is 4.98 Å². The molecule has 0 saturated heterocycles. The van der Waals surface area contributed by atoms with Crippen LogP contribution in [0, 0.1) is 6.92 Å². The first kappa shape index (κ1) is 17.6. The first-order valence-electron chi connectivity index (χ1n) is 7.06. The topological polar surface area (TPSA) is 81.5 Å². The van der Waals surface area contributed by atoms with Crippen molar-refractivity contribution in [2.24, 2.45) is 0 Å². The van der Waals surface area contributed by atoms with Crippen molar-refractivity contribution >= 4 is 16.0 Å². The smallest absolute Gasteiger partial charge is 0.321 e. The minimum atomic E-state index is -3.79. The van der Waals surface area contributed by atoms with Gasteiger partial charge in [0.2, 0.25) is 0 Å². The molecule has 0 aromatic carbocycles. The Hall–Kier alpha value is -1.41. The molecule has 120 valence electrons. The van der Waals surface area contributed by atoms with Crippen LogP contribution in [-0.4, -0.2) is 47.9 Å². The second-order valence-corrected chi connectivity index (χ2v) is 6.44. The van der Waals surface area contributed by atoms with E-state index < -0.39 is 16.0 Å². The van der Waals surface area contributed by atoms with Gasteiger partial charge in [0.15, 0.2) is 5.03 Å². The predicted octanol–water partition coefficient (Wildman–Crippen LogP) is 1.18. The van der Waals surface area contributed by atoms with E-state index in [1.807, 2.05) is 13.8 Å². The van der Waals surface area contributed by atoms with E-state index in [1.165, 1.54) is 6.20 Å². The molecule has 1 rings (SSSR count). The van der Waals surface area contributed by atoms with Crippen LogP contribution >= 0.6 is 0 Å². The maximum Gasteiger partial charge on any atom is 0.321 e. The number of aromatic nitrogens is 2. The lowest BCUT2D eigenvalue weighted by atomic mass is 10.5. The Morgan fingerprint density at radius 2 is 2.05 bits per heavy atom. The van der Waals surface area contributed by atoms with Crippen LogP contribution in [0.3, 0.4) is 0 Å². The lowest BCUT2D eigenvalue weighted by molar-refractivity contribution is -0.143. The number of hydrogen-bond donors (Lipinski definition) is 0. The summed E-state index contributed by atoms with van der Waals surface area (Å²) in [6, 6.07) is 0. The third kappa shape index (κ3) is 4.28. The number of hydrogen-bond acceptors (Lipinski definition) is 5. The minimum Gasteiger partial charge on any atom is -0.465 e. The highest BCUT2D eigenvalue weighted by Gasteiger charge is 2.29.